The van der Waals surface area contributed by atoms with Gasteiger partial charge in [0.15, 0.2) is 0 Å². The molecule has 1 unspecified atom stereocenters. The average molecular weight is 398 g/mol. The molecule has 9 heteroatoms. The van der Waals surface area contributed by atoms with Crippen molar-refractivity contribution in [3.05, 3.63) is 29.8 Å². The van der Waals surface area contributed by atoms with Crippen LogP contribution in [0.1, 0.15) is 36.5 Å². The molecule has 1 N–H and O–H groups in total. The minimum Gasteiger partial charge on any atom is -0.480 e. The van der Waals surface area contributed by atoms with E-state index in [0.717, 1.165) is 0 Å². The second-order valence-corrected chi connectivity index (χ2v) is 6.62. The van der Waals surface area contributed by atoms with Gasteiger partial charge in [0.25, 0.3) is 5.91 Å². The molecule has 2 amide bonds. The lowest BCUT2D eigenvalue weighted by Gasteiger charge is -2.34. The number of likely N-dealkylation sites (tertiary alicyclic amines) is 1. The van der Waals surface area contributed by atoms with E-state index in [1.807, 2.05) is 6.92 Å². The molecule has 0 saturated carbocycles. The average Bonchev–Trinajstić information content (AvgIpc) is 2.66. The second kappa shape index (κ2) is 10.0. The maximum Gasteiger partial charge on any atom is 0.387 e. The van der Waals surface area contributed by atoms with Crippen LogP contribution in [-0.2, 0) is 9.59 Å². The van der Waals surface area contributed by atoms with Gasteiger partial charge in [0, 0.05) is 19.6 Å². The number of alkyl halides is 2. The topological polar surface area (TPSA) is 87.2 Å². The predicted octanol–water partition coefficient (Wildman–Crippen LogP) is 2.46. The number of hydrogen-bond donors (Lipinski definition) is 1. The summed E-state index contributed by atoms with van der Waals surface area (Å²) in [6.45, 7) is -0.774. The summed E-state index contributed by atoms with van der Waals surface area (Å²) in [7, 11) is 0. The molecular weight excluding hydrogens is 374 g/mol. The van der Waals surface area contributed by atoms with Crippen LogP contribution in [-0.4, -0.2) is 65.5 Å². The Kier molecular flexibility index (Phi) is 7.71. The van der Waals surface area contributed by atoms with Crippen molar-refractivity contribution in [2.75, 3.05) is 26.2 Å². The number of hydrogen-bond acceptors (Lipinski definition) is 4. The SMILES string of the molecule is CCCN(CC(=O)O)C(=O)C1CCCN(C(=O)c2ccccc2OC(F)F)C1. The minimum atomic E-state index is -3.05. The van der Waals surface area contributed by atoms with Crippen LogP contribution >= 0.6 is 0 Å². The molecule has 0 aromatic heterocycles. The Morgan fingerprint density at radius 2 is 2.04 bits per heavy atom. The third kappa shape index (κ3) is 5.64. The number of nitrogens with zero attached hydrogens (tertiary/aromatic N) is 2. The first kappa shape index (κ1) is 21.6. The molecule has 28 heavy (non-hydrogen) atoms. The van der Waals surface area contributed by atoms with Crippen LogP contribution in [0.2, 0.25) is 0 Å². The number of halogens is 2. The molecule has 1 saturated heterocycles. The van der Waals surface area contributed by atoms with E-state index in [2.05, 4.69) is 4.74 Å². The Balaban J connectivity index is 2.13. The fraction of sp³-hybridized carbons (Fsp3) is 0.526. The van der Waals surface area contributed by atoms with Crippen molar-refractivity contribution in [3.63, 3.8) is 0 Å². The Labute approximate surface area is 161 Å². The third-order valence-corrected chi connectivity index (χ3v) is 4.52. The monoisotopic (exact) mass is 398 g/mol. The minimum absolute atomic E-state index is 0.00634. The van der Waals surface area contributed by atoms with E-state index in [4.69, 9.17) is 5.11 Å². The molecule has 7 nitrogen and oxygen atoms in total. The summed E-state index contributed by atoms with van der Waals surface area (Å²) in [5.74, 6) is -2.63. The first-order valence-corrected chi connectivity index (χ1v) is 9.17. The van der Waals surface area contributed by atoms with Gasteiger partial charge in [0.1, 0.15) is 12.3 Å². The van der Waals surface area contributed by atoms with Gasteiger partial charge in [-0.3, -0.25) is 14.4 Å². The van der Waals surface area contributed by atoms with Crippen molar-refractivity contribution in [1.29, 1.82) is 0 Å². The lowest BCUT2D eigenvalue weighted by molar-refractivity contribution is -0.147. The van der Waals surface area contributed by atoms with Crippen LogP contribution in [0.3, 0.4) is 0 Å². The molecule has 1 aromatic carbocycles. The summed E-state index contributed by atoms with van der Waals surface area (Å²) in [6.07, 6.45) is 1.72. The zero-order valence-electron chi connectivity index (χ0n) is 15.6. The molecule has 0 aliphatic carbocycles. The van der Waals surface area contributed by atoms with Gasteiger partial charge in [0.05, 0.1) is 11.5 Å². The first-order valence-electron chi connectivity index (χ1n) is 9.17. The lowest BCUT2D eigenvalue weighted by atomic mass is 9.95. The molecule has 1 aliphatic heterocycles. The summed E-state index contributed by atoms with van der Waals surface area (Å²) in [5.41, 5.74) is 0.00634. The van der Waals surface area contributed by atoms with Gasteiger partial charge in [-0.15, -0.1) is 0 Å². The molecule has 1 atom stereocenters. The Hall–Kier alpha value is -2.71. The number of benzene rings is 1. The summed E-state index contributed by atoms with van der Waals surface area (Å²) < 4.78 is 29.6. The number of ether oxygens (including phenoxy) is 1. The molecule has 154 valence electrons. The Morgan fingerprint density at radius 1 is 1.32 bits per heavy atom. The predicted molar refractivity (Wildman–Crippen MR) is 96.2 cm³/mol. The van der Waals surface area contributed by atoms with E-state index in [9.17, 15) is 23.2 Å². The quantitative estimate of drug-likeness (QED) is 0.727. The fourth-order valence-electron chi connectivity index (χ4n) is 3.33. The number of para-hydroxylation sites is 1. The largest absolute Gasteiger partial charge is 0.480 e. The van der Waals surface area contributed by atoms with Gasteiger partial charge in [-0.05, 0) is 31.4 Å². The van der Waals surface area contributed by atoms with Gasteiger partial charge in [-0.2, -0.15) is 8.78 Å². The Morgan fingerprint density at radius 3 is 2.68 bits per heavy atom. The van der Waals surface area contributed by atoms with Gasteiger partial charge >= 0.3 is 12.6 Å². The van der Waals surface area contributed by atoms with Crippen molar-refractivity contribution in [1.82, 2.24) is 9.80 Å². The highest BCUT2D eigenvalue weighted by Gasteiger charge is 2.33. The van der Waals surface area contributed by atoms with E-state index in [0.29, 0.717) is 32.4 Å². The van der Waals surface area contributed by atoms with E-state index < -0.39 is 24.4 Å². The van der Waals surface area contributed by atoms with Gasteiger partial charge in [0.2, 0.25) is 5.91 Å². The van der Waals surface area contributed by atoms with Crippen LogP contribution in [0.25, 0.3) is 0 Å². The fourth-order valence-corrected chi connectivity index (χ4v) is 3.33. The second-order valence-electron chi connectivity index (χ2n) is 6.62. The molecule has 1 aromatic rings. The summed E-state index contributed by atoms with van der Waals surface area (Å²) in [4.78, 5) is 39.3. The van der Waals surface area contributed by atoms with E-state index in [1.54, 1.807) is 6.07 Å². The normalized spacial score (nSPS) is 16.7. The van der Waals surface area contributed by atoms with Crippen molar-refractivity contribution in [2.24, 2.45) is 5.92 Å². The molecular formula is C19H24F2N2O5. The van der Waals surface area contributed by atoms with Crippen molar-refractivity contribution in [3.8, 4) is 5.75 Å². The van der Waals surface area contributed by atoms with Crippen LogP contribution in [0, 0.1) is 5.92 Å². The number of piperidine rings is 1. The van der Waals surface area contributed by atoms with Gasteiger partial charge in [-0.25, -0.2) is 0 Å². The van der Waals surface area contributed by atoms with Crippen LogP contribution in [0.5, 0.6) is 5.75 Å². The standard InChI is InChI=1S/C19H24F2N2O5/c1-2-9-22(12-16(24)25)17(26)13-6-5-10-23(11-13)18(27)14-7-3-4-8-15(14)28-19(20)21/h3-4,7-8,13,19H,2,5-6,9-12H2,1H3,(H,24,25). The summed E-state index contributed by atoms with van der Waals surface area (Å²) in [5, 5.41) is 9.02. The summed E-state index contributed by atoms with van der Waals surface area (Å²) >= 11 is 0. The lowest BCUT2D eigenvalue weighted by Crippen LogP contribution is -2.48. The van der Waals surface area contributed by atoms with Crippen LogP contribution < -0.4 is 4.74 Å². The molecule has 1 aliphatic rings. The van der Waals surface area contributed by atoms with E-state index in [-0.39, 0.29) is 30.3 Å². The molecule has 1 fully saturated rings. The van der Waals surface area contributed by atoms with Crippen molar-refractivity contribution < 1.29 is 33.0 Å². The number of carboxylic acids is 1. The molecule has 2 rings (SSSR count). The maximum absolute atomic E-state index is 12.8. The smallest absolute Gasteiger partial charge is 0.387 e. The van der Waals surface area contributed by atoms with Crippen molar-refractivity contribution >= 4 is 17.8 Å². The van der Waals surface area contributed by atoms with Crippen LogP contribution in [0.15, 0.2) is 24.3 Å². The van der Waals surface area contributed by atoms with E-state index in [1.165, 1.54) is 28.0 Å². The maximum atomic E-state index is 12.8. The number of carboxylic acid groups (broad SMARTS) is 1. The van der Waals surface area contributed by atoms with Gasteiger partial charge in [-0.1, -0.05) is 19.1 Å². The zero-order chi connectivity index (χ0) is 20.7. The van der Waals surface area contributed by atoms with Gasteiger partial charge < -0.3 is 19.6 Å². The molecule has 0 bridgehead atoms. The Bertz CT molecular complexity index is 713. The number of carbonyl (C=O) groups is 3. The zero-order valence-corrected chi connectivity index (χ0v) is 15.6. The molecule has 1 heterocycles. The van der Waals surface area contributed by atoms with E-state index >= 15 is 0 Å². The number of aliphatic carboxylic acids is 1. The molecule has 0 spiro atoms. The van der Waals surface area contributed by atoms with Crippen LogP contribution in [0.4, 0.5) is 8.78 Å². The number of carbonyl (C=O) groups excluding carboxylic acids is 2. The first-order chi connectivity index (χ1) is 13.3. The highest BCUT2D eigenvalue weighted by Crippen LogP contribution is 2.25. The highest BCUT2D eigenvalue weighted by atomic mass is 19.3. The third-order valence-electron chi connectivity index (χ3n) is 4.52. The number of amides is 2. The summed E-state index contributed by atoms with van der Waals surface area (Å²) in [6, 6.07) is 5.74. The van der Waals surface area contributed by atoms with Crippen molar-refractivity contribution in [2.45, 2.75) is 32.8 Å². The highest BCUT2D eigenvalue weighted by molar-refractivity contribution is 5.97. The number of rotatable bonds is 8. The molecule has 0 radical (unpaired) electrons.